The Hall–Kier alpha value is -1.75. The van der Waals surface area contributed by atoms with Crippen molar-refractivity contribution in [2.45, 2.75) is 32.9 Å². The molecule has 1 aromatic heterocycles. The molecular formula is C14H17F2N3. The van der Waals surface area contributed by atoms with Crippen molar-refractivity contribution in [2.24, 2.45) is 0 Å². The van der Waals surface area contributed by atoms with Crippen molar-refractivity contribution >= 4 is 0 Å². The largest absolute Gasteiger partial charge is 0.306 e. The SMILES string of the molecule is CC(C)(C)NCc1ccn(-c2cc(F)cc(F)c2)n1. The molecule has 2 aromatic rings. The Labute approximate surface area is 111 Å². The van der Waals surface area contributed by atoms with Gasteiger partial charge in [0.1, 0.15) is 11.6 Å². The van der Waals surface area contributed by atoms with Gasteiger partial charge in [0.05, 0.1) is 11.4 Å². The highest BCUT2D eigenvalue weighted by molar-refractivity contribution is 5.32. The highest BCUT2D eigenvalue weighted by Crippen LogP contribution is 2.13. The van der Waals surface area contributed by atoms with Crippen molar-refractivity contribution in [2.75, 3.05) is 0 Å². The quantitative estimate of drug-likeness (QED) is 0.924. The molecule has 1 aromatic carbocycles. The first-order valence-corrected chi connectivity index (χ1v) is 6.09. The van der Waals surface area contributed by atoms with Crippen LogP contribution in [0.1, 0.15) is 26.5 Å². The van der Waals surface area contributed by atoms with E-state index in [2.05, 4.69) is 31.2 Å². The summed E-state index contributed by atoms with van der Waals surface area (Å²) in [5.74, 6) is -1.22. The van der Waals surface area contributed by atoms with Gasteiger partial charge in [-0.2, -0.15) is 5.10 Å². The molecule has 0 atom stereocenters. The number of rotatable bonds is 3. The monoisotopic (exact) mass is 265 g/mol. The molecule has 0 aliphatic rings. The maximum absolute atomic E-state index is 13.1. The number of halogens is 2. The molecule has 0 spiro atoms. The van der Waals surface area contributed by atoms with Crippen molar-refractivity contribution in [1.82, 2.24) is 15.1 Å². The summed E-state index contributed by atoms with van der Waals surface area (Å²) in [5, 5.41) is 7.59. The summed E-state index contributed by atoms with van der Waals surface area (Å²) in [6, 6.07) is 5.16. The van der Waals surface area contributed by atoms with Crippen molar-refractivity contribution < 1.29 is 8.78 Å². The van der Waals surface area contributed by atoms with Crippen LogP contribution in [0.15, 0.2) is 30.5 Å². The Morgan fingerprint density at radius 2 is 1.79 bits per heavy atom. The summed E-state index contributed by atoms with van der Waals surface area (Å²) >= 11 is 0. The van der Waals surface area contributed by atoms with Crippen LogP contribution >= 0.6 is 0 Å². The second kappa shape index (κ2) is 5.09. The summed E-state index contributed by atoms with van der Waals surface area (Å²) in [4.78, 5) is 0. The maximum Gasteiger partial charge on any atom is 0.128 e. The van der Waals surface area contributed by atoms with Gasteiger partial charge in [-0.05, 0) is 39.0 Å². The minimum atomic E-state index is -0.611. The van der Waals surface area contributed by atoms with Crippen LogP contribution in [-0.4, -0.2) is 15.3 Å². The molecular weight excluding hydrogens is 248 g/mol. The second-order valence-electron chi connectivity index (χ2n) is 5.48. The van der Waals surface area contributed by atoms with Crippen LogP contribution in [0.4, 0.5) is 8.78 Å². The van der Waals surface area contributed by atoms with Crippen molar-refractivity contribution in [1.29, 1.82) is 0 Å². The van der Waals surface area contributed by atoms with Crippen molar-refractivity contribution in [3.63, 3.8) is 0 Å². The average molecular weight is 265 g/mol. The van der Waals surface area contributed by atoms with E-state index in [4.69, 9.17) is 0 Å². The van der Waals surface area contributed by atoms with Crippen LogP contribution in [0, 0.1) is 11.6 Å². The van der Waals surface area contributed by atoms with E-state index >= 15 is 0 Å². The molecule has 1 N–H and O–H groups in total. The lowest BCUT2D eigenvalue weighted by Crippen LogP contribution is -2.35. The Balaban J connectivity index is 2.16. The van der Waals surface area contributed by atoms with Gasteiger partial charge < -0.3 is 5.32 Å². The third-order valence-electron chi connectivity index (χ3n) is 2.56. The van der Waals surface area contributed by atoms with Crippen molar-refractivity contribution in [3.8, 4) is 5.69 Å². The molecule has 0 bridgehead atoms. The van der Waals surface area contributed by atoms with Crippen LogP contribution in [0.2, 0.25) is 0 Å². The van der Waals surface area contributed by atoms with Crippen LogP contribution < -0.4 is 5.32 Å². The highest BCUT2D eigenvalue weighted by atomic mass is 19.1. The summed E-state index contributed by atoms with van der Waals surface area (Å²) in [6.07, 6.45) is 1.69. The third kappa shape index (κ3) is 3.86. The van der Waals surface area contributed by atoms with Gasteiger partial charge in [0.25, 0.3) is 0 Å². The van der Waals surface area contributed by atoms with Gasteiger partial charge in [0.15, 0.2) is 0 Å². The van der Waals surface area contributed by atoms with Gasteiger partial charge >= 0.3 is 0 Å². The zero-order valence-electron chi connectivity index (χ0n) is 11.2. The number of nitrogens with one attached hydrogen (secondary N) is 1. The first-order valence-electron chi connectivity index (χ1n) is 6.09. The normalized spacial score (nSPS) is 11.8. The molecule has 3 nitrogen and oxygen atoms in total. The van der Waals surface area contributed by atoms with Crippen LogP contribution in [0.3, 0.4) is 0 Å². The summed E-state index contributed by atoms with van der Waals surface area (Å²) < 4.78 is 27.7. The van der Waals surface area contributed by atoms with E-state index in [-0.39, 0.29) is 5.54 Å². The van der Waals surface area contributed by atoms with E-state index in [1.807, 2.05) is 6.07 Å². The Morgan fingerprint density at radius 3 is 2.37 bits per heavy atom. The van der Waals surface area contributed by atoms with Crippen LogP contribution in [-0.2, 0) is 6.54 Å². The molecule has 0 amide bonds. The third-order valence-corrected chi connectivity index (χ3v) is 2.56. The lowest BCUT2D eigenvalue weighted by molar-refractivity contribution is 0.420. The molecule has 0 aliphatic carbocycles. The first kappa shape index (κ1) is 13.7. The first-order chi connectivity index (χ1) is 8.83. The number of hydrogen-bond donors (Lipinski definition) is 1. The molecule has 0 fully saturated rings. The lowest BCUT2D eigenvalue weighted by Gasteiger charge is -2.19. The van der Waals surface area contributed by atoms with Gasteiger partial charge in [-0.25, -0.2) is 13.5 Å². The predicted octanol–water partition coefficient (Wildman–Crippen LogP) is 3.04. The molecule has 5 heteroatoms. The molecule has 1 heterocycles. The second-order valence-corrected chi connectivity index (χ2v) is 5.48. The van der Waals surface area contributed by atoms with Crippen LogP contribution in [0.25, 0.3) is 5.69 Å². The highest BCUT2D eigenvalue weighted by Gasteiger charge is 2.10. The number of benzene rings is 1. The molecule has 0 radical (unpaired) electrons. The fourth-order valence-corrected chi connectivity index (χ4v) is 1.63. The van der Waals surface area contributed by atoms with E-state index in [1.165, 1.54) is 16.8 Å². The lowest BCUT2D eigenvalue weighted by atomic mass is 10.1. The standard InChI is InChI=1S/C14H17F2N3/c1-14(2,3)17-9-12-4-5-19(18-12)13-7-10(15)6-11(16)8-13/h4-8,17H,9H2,1-3H3. The maximum atomic E-state index is 13.1. The summed E-state index contributed by atoms with van der Waals surface area (Å²) in [6.45, 7) is 6.79. The van der Waals surface area contributed by atoms with E-state index < -0.39 is 11.6 Å². The van der Waals surface area contributed by atoms with E-state index in [1.54, 1.807) is 6.20 Å². The molecule has 0 saturated carbocycles. The van der Waals surface area contributed by atoms with Crippen LogP contribution in [0.5, 0.6) is 0 Å². The van der Waals surface area contributed by atoms with Gasteiger partial charge in [-0.15, -0.1) is 0 Å². The molecule has 2 rings (SSSR count). The topological polar surface area (TPSA) is 29.9 Å². The Kier molecular flexibility index (Phi) is 3.66. The van der Waals surface area contributed by atoms with E-state index in [0.717, 1.165) is 11.8 Å². The summed E-state index contributed by atoms with van der Waals surface area (Å²) in [7, 11) is 0. The minimum Gasteiger partial charge on any atom is -0.306 e. The smallest absolute Gasteiger partial charge is 0.128 e. The Morgan fingerprint density at radius 1 is 1.16 bits per heavy atom. The zero-order chi connectivity index (χ0) is 14.0. The summed E-state index contributed by atoms with van der Waals surface area (Å²) in [5.41, 5.74) is 1.19. The van der Waals surface area contributed by atoms with E-state index in [0.29, 0.717) is 12.2 Å². The van der Waals surface area contributed by atoms with E-state index in [9.17, 15) is 8.78 Å². The molecule has 0 saturated heterocycles. The fraction of sp³-hybridized carbons (Fsp3) is 0.357. The average Bonchev–Trinajstić information content (AvgIpc) is 2.72. The predicted molar refractivity (Wildman–Crippen MR) is 70.1 cm³/mol. The molecule has 0 aliphatic heterocycles. The molecule has 19 heavy (non-hydrogen) atoms. The molecule has 102 valence electrons. The number of nitrogens with zero attached hydrogens (tertiary/aromatic N) is 2. The van der Waals surface area contributed by atoms with Gasteiger partial charge in [-0.1, -0.05) is 0 Å². The number of aromatic nitrogens is 2. The number of hydrogen-bond acceptors (Lipinski definition) is 2. The minimum absolute atomic E-state index is 0.00522. The van der Waals surface area contributed by atoms with Gasteiger partial charge in [0.2, 0.25) is 0 Å². The fourth-order valence-electron chi connectivity index (χ4n) is 1.63. The Bertz CT molecular complexity index is 550. The molecule has 0 unspecified atom stereocenters. The zero-order valence-corrected chi connectivity index (χ0v) is 11.2. The van der Waals surface area contributed by atoms with Crippen molar-refractivity contribution in [3.05, 3.63) is 47.8 Å². The van der Waals surface area contributed by atoms with Gasteiger partial charge in [-0.3, -0.25) is 0 Å². The van der Waals surface area contributed by atoms with Gasteiger partial charge in [0, 0.05) is 24.3 Å².